The van der Waals surface area contributed by atoms with Gasteiger partial charge in [-0.3, -0.25) is 4.79 Å². The lowest BCUT2D eigenvalue weighted by Gasteiger charge is -2.09. The Balaban J connectivity index is 1.39. The molecule has 138 valence electrons. The highest BCUT2D eigenvalue weighted by atomic mass is 35.5. The van der Waals surface area contributed by atoms with Gasteiger partial charge in [-0.15, -0.1) is 11.8 Å². The minimum absolute atomic E-state index is 0.0222. The maximum Gasteiger partial charge on any atom is 0.251 e. The molecule has 1 amide bonds. The Bertz CT molecular complexity index is 697. The molecular weight excluding hydrogens is 382 g/mol. The second-order valence-corrected chi connectivity index (χ2v) is 9.37. The highest BCUT2D eigenvalue weighted by molar-refractivity contribution is 7.99. The average Bonchev–Trinajstić information content (AvgIpc) is 3.18. The van der Waals surface area contributed by atoms with Crippen LogP contribution in [0.25, 0.3) is 0 Å². The fourth-order valence-electron chi connectivity index (χ4n) is 3.00. The summed E-state index contributed by atoms with van der Waals surface area (Å²) < 4.78 is 0. The number of benzene rings is 2. The molecule has 5 heteroatoms. The van der Waals surface area contributed by atoms with E-state index in [1.165, 1.54) is 36.1 Å². The van der Waals surface area contributed by atoms with Crippen molar-refractivity contribution in [3.63, 3.8) is 0 Å². The van der Waals surface area contributed by atoms with Crippen LogP contribution in [0.2, 0.25) is 5.02 Å². The van der Waals surface area contributed by atoms with Crippen molar-refractivity contribution in [2.75, 3.05) is 12.3 Å². The Morgan fingerprint density at radius 1 is 1.04 bits per heavy atom. The van der Waals surface area contributed by atoms with Gasteiger partial charge in [0.1, 0.15) is 0 Å². The SMILES string of the molecule is O=C(NCCSC1CCCC1)c1ccc(CSc2ccc(Cl)cc2)cc1. The second-order valence-electron chi connectivity index (χ2n) is 6.47. The minimum Gasteiger partial charge on any atom is -0.351 e. The molecule has 1 saturated carbocycles. The Kier molecular flexibility index (Phi) is 7.78. The first-order chi connectivity index (χ1) is 12.7. The topological polar surface area (TPSA) is 29.1 Å². The summed E-state index contributed by atoms with van der Waals surface area (Å²) in [6, 6.07) is 15.8. The summed E-state index contributed by atoms with van der Waals surface area (Å²) in [7, 11) is 0. The summed E-state index contributed by atoms with van der Waals surface area (Å²) in [6.45, 7) is 0.744. The quantitative estimate of drug-likeness (QED) is 0.429. The van der Waals surface area contributed by atoms with Crippen molar-refractivity contribution in [2.45, 2.75) is 41.6 Å². The van der Waals surface area contributed by atoms with Crippen molar-refractivity contribution in [1.29, 1.82) is 0 Å². The fourth-order valence-corrected chi connectivity index (χ4v) is 5.20. The van der Waals surface area contributed by atoms with E-state index in [4.69, 9.17) is 11.6 Å². The lowest BCUT2D eigenvalue weighted by atomic mass is 10.1. The molecule has 1 fully saturated rings. The molecule has 0 aromatic heterocycles. The molecule has 0 saturated heterocycles. The number of halogens is 1. The number of thioether (sulfide) groups is 2. The van der Waals surface area contributed by atoms with Gasteiger partial charge in [0.05, 0.1) is 0 Å². The third-order valence-corrected chi connectivity index (χ3v) is 7.20. The Morgan fingerprint density at radius 2 is 1.73 bits per heavy atom. The maximum atomic E-state index is 12.2. The van der Waals surface area contributed by atoms with Crippen molar-refractivity contribution < 1.29 is 4.79 Å². The van der Waals surface area contributed by atoms with Gasteiger partial charge < -0.3 is 5.32 Å². The predicted octanol–water partition coefficient (Wildman–Crippen LogP) is 6.04. The third kappa shape index (κ3) is 6.26. The van der Waals surface area contributed by atoms with E-state index in [2.05, 4.69) is 5.32 Å². The van der Waals surface area contributed by atoms with Crippen molar-refractivity contribution in [3.8, 4) is 0 Å². The molecular formula is C21H24ClNOS2. The van der Waals surface area contributed by atoms with Crippen molar-refractivity contribution in [2.24, 2.45) is 0 Å². The van der Waals surface area contributed by atoms with E-state index in [0.29, 0.717) is 0 Å². The van der Waals surface area contributed by atoms with Crippen LogP contribution in [0.15, 0.2) is 53.4 Å². The van der Waals surface area contributed by atoms with Gasteiger partial charge in [0.15, 0.2) is 0 Å². The number of hydrogen-bond donors (Lipinski definition) is 1. The summed E-state index contributed by atoms with van der Waals surface area (Å²) in [4.78, 5) is 13.4. The summed E-state index contributed by atoms with van der Waals surface area (Å²) in [5, 5.41) is 4.59. The van der Waals surface area contributed by atoms with Gasteiger partial charge in [0, 0.05) is 38.8 Å². The van der Waals surface area contributed by atoms with E-state index in [9.17, 15) is 4.79 Å². The zero-order chi connectivity index (χ0) is 18.2. The normalized spacial score (nSPS) is 14.5. The number of nitrogens with one attached hydrogen (secondary N) is 1. The van der Waals surface area contributed by atoms with Crippen LogP contribution in [0.1, 0.15) is 41.6 Å². The van der Waals surface area contributed by atoms with Crippen molar-refractivity contribution in [1.82, 2.24) is 5.32 Å². The van der Waals surface area contributed by atoms with Crippen LogP contribution in [-0.4, -0.2) is 23.5 Å². The number of rotatable bonds is 8. The molecule has 2 aromatic carbocycles. The summed E-state index contributed by atoms with van der Waals surface area (Å²) in [5.41, 5.74) is 1.94. The summed E-state index contributed by atoms with van der Waals surface area (Å²) >= 11 is 9.67. The molecule has 0 spiro atoms. The van der Waals surface area contributed by atoms with Gasteiger partial charge >= 0.3 is 0 Å². The van der Waals surface area contributed by atoms with Crippen LogP contribution in [0.3, 0.4) is 0 Å². The number of carbonyl (C=O) groups excluding carboxylic acids is 1. The van der Waals surface area contributed by atoms with Crippen LogP contribution in [-0.2, 0) is 5.75 Å². The molecule has 1 aliphatic carbocycles. The van der Waals surface area contributed by atoms with Gasteiger partial charge in [-0.2, -0.15) is 11.8 Å². The largest absolute Gasteiger partial charge is 0.351 e. The van der Waals surface area contributed by atoms with Crippen molar-refractivity contribution in [3.05, 3.63) is 64.7 Å². The van der Waals surface area contributed by atoms with Crippen LogP contribution < -0.4 is 5.32 Å². The number of carbonyl (C=O) groups is 1. The number of amides is 1. The maximum absolute atomic E-state index is 12.2. The molecule has 0 bridgehead atoms. The first-order valence-electron chi connectivity index (χ1n) is 9.08. The Morgan fingerprint density at radius 3 is 2.42 bits per heavy atom. The molecule has 0 unspecified atom stereocenters. The molecule has 0 heterocycles. The van der Waals surface area contributed by atoms with Crippen LogP contribution in [0.5, 0.6) is 0 Å². The van der Waals surface area contributed by atoms with E-state index in [1.54, 1.807) is 11.8 Å². The second kappa shape index (κ2) is 10.3. The highest BCUT2D eigenvalue weighted by Gasteiger charge is 2.14. The van der Waals surface area contributed by atoms with Gasteiger partial charge in [-0.05, 0) is 54.8 Å². The molecule has 0 radical (unpaired) electrons. The zero-order valence-corrected chi connectivity index (χ0v) is 17.1. The van der Waals surface area contributed by atoms with Gasteiger partial charge in [-0.25, -0.2) is 0 Å². The highest BCUT2D eigenvalue weighted by Crippen LogP contribution is 2.29. The Hall–Kier alpha value is -1.10. The van der Waals surface area contributed by atoms with Crippen LogP contribution in [0.4, 0.5) is 0 Å². The predicted molar refractivity (Wildman–Crippen MR) is 115 cm³/mol. The van der Waals surface area contributed by atoms with E-state index in [-0.39, 0.29) is 5.91 Å². The molecule has 3 rings (SSSR count). The molecule has 0 aliphatic heterocycles. The molecule has 26 heavy (non-hydrogen) atoms. The molecule has 0 atom stereocenters. The minimum atomic E-state index is 0.0222. The summed E-state index contributed by atoms with van der Waals surface area (Å²) in [5.74, 6) is 1.90. The fraction of sp³-hybridized carbons (Fsp3) is 0.381. The van der Waals surface area contributed by atoms with Crippen LogP contribution >= 0.6 is 35.1 Å². The average molecular weight is 406 g/mol. The van der Waals surface area contributed by atoms with Crippen LogP contribution in [0, 0.1) is 0 Å². The smallest absolute Gasteiger partial charge is 0.251 e. The molecule has 2 nitrogen and oxygen atoms in total. The van der Waals surface area contributed by atoms with Gasteiger partial charge in [0.25, 0.3) is 5.91 Å². The third-order valence-electron chi connectivity index (χ3n) is 4.48. The Labute approximate surface area is 169 Å². The van der Waals surface area contributed by atoms with E-state index in [0.717, 1.165) is 33.9 Å². The summed E-state index contributed by atoms with van der Waals surface area (Å²) in [6.07, 6.45) is 5.42. The first-order valence-corrected chi connectivity index (χ1v) is 11.5. The number of hydrogen-bond acceptors (Lipinski definition) is 3. The lowest BCUT2D eigenvalue weighted by molar-refractivity contribution is 0.0956. The monoisotopic (exact) mass is 405 g/mol. The van der Waals surface area contributed by atoms with Gasteiger partial charge in [-0.1, -0.05) is 36.6 Å². The molecule has 1 N–H and O–H groups in total. The zero-order valence-electron chi connectivity index (χ0n) is 14.7. The van der Waals surface area contributed by atoms with Crippen molar-refractivity contribution >= 4 is 41.0 Å². The van der Waals surface area contributed by atoms with E-state index < -0.39 is 0 Å². The first kappa shape index (κ1) is 19.7. The standard InChI is InChI=1S/C21H24ClNOS2/c22-18-9-11-20(12-10-18)26-15-16-5-7-17(8-6-16)21(24)23-13-14-25-19-3-1-2-4-19/h5-12,19H,1-4,13-15H2,(H,23,24). The lowest BCUT2D eigenvalue weighted by Crippen LogP contribution is -2.26. The van der Waals surface area contributed by atoms with Gasteiger partial charge in [0.2, 0.25) is 0 Å². The molecule has 2 aromatic rings. The van der Waals surface area contributed by atoms with E-state index >= 15 is 0 Å². The van der Waals surface area contributed by atoms with E-state index in [1.807, 2.05) is 60.3 Å². The molecule has 1 aliphatic rings.